The number of aromatic nitrogens is 1. The molecule has 35 heavy (non-hydrogen) atoms. The van der Waals surface area contributed by atoms with Gasteiger partial charge >= 0.3 is 12.1 Å². The average Bonchev–Trinajstić information content (AvgIpc) is 2.81. The Morgan fingerprint density at radius 1 is 1.23 bits per heavy atom. The van der Waals surface area contributed by atoms with E-state index in [1.54, 1.807) is 6.07 Å². The zero-order valence-corrected chi connectivity index (χ0v) is 18.8. The van der Waals surface area contributed by atoms with E-state index in [0.717, 1.165) is 30.2 Å². The number of halogens is 4. The van der Waals surface area contributed by atoms with Crippen LogP contribution in [-0.2, 0) is 6.42 Å². The second kappa shape index (κ2) is 9.91. The van der Waals surface area contributed by atoms with Crippen LogP contribution in [0.1, 0.15) is 27.5 Å². The zero-order chi connectivity index (χ0) is 25.2. The Hall–Kier alpha value is -3.66. The Kier molecular flexibility index (Phi) is 6.93. The molecule has 10 heteroatoms. The fourth-order valence-electron chi connectivity index (χ4n) is 4.18. The number of hydrogen-bond donors (Lipinski definition) is 2. The number of ether oxygens (including phenoxy) is 1. The van der Waals surface area contributed by atoms with Gasteiger partial charge in [0.1, 0.15) is 11.6 Å². The van der Waals surface area contributed by atoms with Crippen LogP contribution >= 0.6 is 0 Å². The summed E-state index contributed by atoms with van der Waals surface area (Å²) >= 11 is 0. The molecule has 4 rings (SSSR count). The summed E-state index contributed by atoms with van der Waals surface area (Å²) in [6.07, 6.45) is -0.871. The highest BCUT2D eigenvalue weighted by Crippen LogP contribution is 2.34. The summed E-state index contributed by atoms with van der Waals surface area (Å²) in [5.74, 6) is -1.91. The van der Waals surface area contributed by atoms with Gasteiger partial charge in [-0.3, -0.25) is 9.88 Å². The summed E-state index contributed by atoms with van der Waals surface area (Å²) in [5, 5.41) is 12.6. The van der Waals surface area contributed by atoms with Crippen molar-refractivity contribution in [2.75, 3.05) is 32.1 Å². The van der Waals surface area contributed by atoms with E-state index < -0.39 is 24.6 Å². The Morgan fingerprint density at radius 2 is 2.03 bits per heavy atom. The van der Waals surface area contributed by atoms with Crippen LogP contribution in [0.25, 0.3) is 11.1 Å². The molecule has 0 aliphatic carbocycles. The summed E-state index contributed by atoms with van der Waals surface area (Å²) in [4.78, 5) is 17.6. The SMILES string of the molecule is CN1CCc2cc(-c3ccc(OCC(F)(F)F)cc3F)ccc2[C@H]1CNc1cnccc1C(=O)O. The van der Waals surface area contributed by atoms with Crippen molar-refractivity contribution >= 4 is 11.7 Å². The first-order chi connectivity index (χ1) is 16.6. The third kappa shape index (κ3) is 5.71. The Labute approximate surface area is 199 Å². The Morgan fingerprint density at radius 3 is 2.74 bits per heavy atom. The number of anilines is 1. The molecule has 6 nitrogen and oxygen atoms in total. The van der Waals surface area contributed by atoms with Gasteiger partial charge in [-0.25, -0.2) is 9.18 Å². The van der Waals surface area contributed by atoms with Crippen molar-refractivity contribution in [2.45, 2.75) is 18.6 Å². The van der Waals surface area contributed by atoms with E-state index in [-0.39, 0.29) is 22.9 Å². The van der Waals surface area contributed by atoms with E-state index in [1.165, 1.54) is 30.6 Å². The highest BCUT2D eigenvalue weighted by Gasteiger charge is 2.29. The molecule has 3 aromatic rings. The van der Waals surface area contributed by atoms with Crippen LogP contribution in [-0.4, -0.2) is 53.9 Å². The van der Waals surface area contributed by atoms with Crippen molar-refractivity contribution in [3.63, 3.8) is 0 Å². The normalized spacial score (nSPS) is 16.0. The van der Waals surface area contributed by atoms with Crippen molar-refractivity contribution in [1.29, 1.82) is 0 Å². The molecule has 0 unspecified atom stereocenters. The predicted octanol–water partition coefficient (Wildman–Crippen LogP) is 5.17. The maximum atomic E-state index is 14.7. The number of alkyl halides is 3. The van der Waals surface area contributed by atoms with Gasteiger partial charge in [0.15, 0.2) is 6.61 Å². The number of rotatable bonds is 7. The lowest BCUT2D eigenvalue weighted by Crippen LogP contribution is -2.36. The second-order valence-electron chi connectivity index (χ2n) is 8.31. The van der Waals surface area contributed by atoms with Gasteiger partial charge in [0.05, 0.1) is 23.5 Å². The number of likely N-dealkylation sites (N-methyl/N-ethyl adjacent to an activating group) is 1. The molecule has 1 aliphatic heterocycles. The molecule has 2 heterocycles. The van der Waals surface area contributed by atoms with Crippen molar-refractivity contribution in [1.82, 2.24) is 9.88 Å². The first-order valence-corrected chi connectivity index (χ1v) is 10.9. The van der Waals surface area contributed by atoms with Crippen LogP contribution in [0.15, 0.2) is 54.9 Å². The lowest BCUT2D eigenvalue weighted by Gasteiger charge is -2.35. The fraction of sp³-hybridized carbons (Fsp3) is 0.280. The number of aromatic carboxylic acids is 1. The van der Waals surface area contributed by atoms with Crippen molar-refractivity contribution in [3.05, 3.63) is 77.4 Å². The molecule has 0 fully saturated rings. The highest BCUT2D eigenvalue weighted by molar-refractivity contribution is 5.93. The molecule has 0 saturated heterocycles. The maximum Gasteiger partial charge on any atom is 0.422 e. The van der Waals surface area contributed by atoms with Crippen molar-refractivity contribution < 1.29 is 32.2 Å². The van der Waals surface area contributed by atoms with Gasteiger partial charge in [-0.05, 0) is 48.4 Å². The first kappa shape index (κ1) is 24.5. The summed E-state index contributed by atoms with van der Waals surface area (Å²) in [5.41, 5.74) is 3.48. The smallest absolute Gasteiger partial charge is 0.422 e. The van der Waals surface area contributed by atoms with Crippen LogP contribution in [0, 0.1) is 5.82 Å². The number of nitrogens with zero attached hydrogens (tertiary/aromatic N) is 2. The molecular formula is C25H23F4N3O3. The minimum Gasteiger partial charge on any atom is -0.484 e. The monoisotopic (exact) mass is 489 g/mol. The summed E-state index contributed by atoms with van der Waals surface area (Å²) < 4.78 is 56.4. The summed E-state index contributed by atoms with van der Waals surface area (Å²) in [6.45, 7) is -0.302. The molecule has 1 aromatic heterocycles. The lowest BCUT2D eigenvalue weighted by molar-refractivity contribution is -0.153. The largest absolute Gasteiger partial charge is 0.484 e. The van der Waals surface area contributed by atoms with Crippen LogP contribution in [0.4, 0.5) is 23.2 Å². The molecule has 0 saturated carbocycles. The molecule has 0 radical (unpaired) electrons. The molecule has 0 bridgehead atoms. The molecule has 1 aliphatic rings. The number of nitrogens with one attached hydrogen (secondary N) is 1. The topological polar surface area (TPSA) is 74.7 Å². The van der Waals surface area contributed by atoms with Crippen LogP contribution in [0.3, 0.4) is 0 Å². The average molecular weight is 489 g/mol. The molecule has 184 valence electrons. The predicted molar refractivity (Wildman–Crippen MR) is 122 cm³/mol. The lowest BCUT2D eigenvalue weighted by atomic mass is 9.89. The van der Waals surface area contributed by atoms with E-state index in [4.69, 9.17) is 0 Å². The maximum absolute atomic E-state index is 14.7. The third-order valence-corrected chi connectivity index (χ3v) is 5.96. The van der Waals surface area contributed by atoms with Crippen LogP contribution in [0.2, 0.25) is 0 Å². The molecule has 1 atom stereocenters. The molecule has 0 amide bonds. The van der Waals surface area contributed by atoms with Crippen molar-refractivity contribution in [2.24, 2.45) is 0 Å². The van der Waals surface area contributed by atoms with Crippen LogP contribution in [0.5, 0.6) is 5.75 Å². The van der Waals surface area contributed by atoms with E-state index in [2.05, 4.69) is 19.9 Å². The number of fused-ring (bicyclic) bond motifs is 1. The van der Waals surface area contributed by atoms with Gasteiger partial charge in [-0.2, -0.15) is 13.2 Å². The Balaban J connectivity index is 1.54. The number of carboxylic acid groups (broad SMARTS) is 1. The molecule has 0 spiro atoms. The molecule has 2 aromatic carbocycles. The third-order valence-electron chi connectivity index (χ3n) is 5.96. The van der Waals surface area contributed by atoms with Gasteiger partial charge in [-0.1, -0.05) is 18.2 Å². The quantitative estimate of drug-likeness (QED) is 0.446. The van der Waals surface area contributed by atoms with E-state index in [1.807, 2.05) is 19.2 Å². The number of benzene rings is 2. The minimum atomic E-state index is -4.50. The van der Waals surface area contributed by atoms with Gasteiger partial charge in [0.2, 0.25) is 0 Å². The fourth-order valence-corrected chi connectivity index (χ4v) is 4.18. The number of carboxylic acids is 1. The van der Waals surface area contributed by atoms with Gasteiger partial charge in [0, 0.05) is 30.9 Å². The number of carbonyl (C=O) groups is 1. The van der Waals surface area contributed by atoms with E-state index in [0.29, 0.717) is 17.8 Å². The zero-order valence-electron chi connectivity index (χ0n) is 18.8. The second-order valence-corrected chi connectivity index (χ2v) is 8.31. The molecule has 2 N–H and O–H groups in total. The first-order valence-electron chi connectivity index (χ1n) is 10.9. The van der Waals surface area contributed by atoms with Crippen molar-refractivity contribution in [3.8, 4) is 16.9 Å². The van der Waals surface area contributed by atoms with Gasteiger partial charge < -0.3 is 15.2 Å². The number of hydrogen-bond acceptors (Lipinski definition) is 5. The van der Waals surface area contributed by atoms with E-state index in [9.17, 15) is 27.5 Å². The van der Waals surface area contributed by atoms with E-state index >= 15 is 0 Å². The van der Waals surface area contributed by atoms with Crippen LogP contribution < -0.4 is 10.1 Å². The Bertz CT molecular complexity index is 1230. The molecular weight excluding hydrogens is 466 g/mol. The highest BCUT2D eigenvalue weighted by atomic mass is 19.4. The van der Waals surface area contributed by atoms with Gasteiger partial charge in [-0.15, -0.1) is 0 Å². The minimum absolute atomic E-state index is 0.0577. The van der Waals surface area contributed by atoms with Gasteiger partial charge in [0.25, 0.3) is 0 Å². The summed E-state index contributed by atoms with van der Waals surface area (Å²) in [7, 11) is 1.98. The summed E-state index contributed by atoms with van der Waals surface area (Å²) in [6, 6.07) is 10.6. The number of pyridine rings is 1. The standard InChI is InChI=1S/C25H23F4N3O3/c1-32-9-7-16-10-15(18-5-3-17(11-21(18)26)35-14-25(27,28)29)2-4-19(16)23(32)13-31-22-12-30-8-6-20(22)24(33)34/h2-6,8,10-12,23,31H,7,9,13-14H2,1H3,(H,33,34)/t23-/m1/s1.